The summed E-state index contributed by atoms with van der Waals surface area (Å²) in [5.41, 5.74) is 0.924. The summed E-state index contributed by atoms with van der Waals surface area (Å²) < 4.78 is 45.1. The van der Waals surface area contributed by atoms with Gasteiger partial charge in [0.15, 0.2) is 0 Å². The largest absolute Gasteiger partial charge is 0.497 e. The zero-order chi connectivity index (χ0) is 28.9. The van der Waals surface area contributed by atoms with Crippen LogP contribution in [0.4, 0.5) is 0 Å². The second kappa shape index (κ2) is 13.4. The summed E-state index contributed by atoms with van der Waals surface area (Å²) in [5, 5.41) is 21.7. The van der Waals surface area contributed by atoms with Gasteiger partial charge in [-0.1, -0.05) is 44.2 Å². The Morgan fingerprint density at radius 3 is 2.45 bits per heavy atom. The molecule has 0 bridgehead atoms. The minimum absolute atomic E-state index is 0.00753. The van der Waals surface area contributed by atoms with Gasteiger partial charge in [-0.15, -0.1) is 0 Å². The molecule has 1 aliphatic heterocycles. The van der Waals surface area contributed by atoms with Crippen LogP contribution in [0.1, 0.15) is 38.7 Å². The van der Waals surface area contributed by atoms with Gasteiger partial charge < -0.3 is 24.4 Å². The van der Waals surface area contributed by atoms with Gasteiger partial charge in [0.05, 0.1) is 36.7 Å². The minimum atomic E-state index is -3.93. The topological polar surface area (TPSA) is 123 Å². The molecule has 2 aliphatic rings. The highest BCUT2D eigenvalue weighted by atomic mass is 32.2. The third kappa shape index (κ3) is 7.41. The fraction of sp³-hybridized carbons (Fsp3) is 0.567. The number of aliphatic hydroxyl groups is 2. The van der Waals surface area contributed by atoms with Crippen LogP contribution in [0.25, 0.3) is 0 Å². The highest BCUT2D eigenvalue weighted by molar-refractivity contribution is 7.89. The fourth-order valence-corrected chi connectivity index (χ4v) is 7.35. The van der Waals surface area contributed by atoms with Gasteiger partial charge in [-0.2, -0.15) is 4.31 Å². The molecule has 0 amide bonds. The Labute approximate surface area is 237 Å². The monoisotopic (exact) mass is 575 g/mol. The second-order valence-corrected chi connectivity index (χ2v) is 13.2. The van der Waals surface area contributed by atoms with Crippen LogP contribution in [0.3, 0.4) is 0 Å². The molecule has 1 heterocycles. The van der Waals surface area contributed by atoms with E-state index < -0.39 is 40.2 Å². The Morgan fingerprint density at radius 2 is 1.80 bits per heavy atom. The van der Waals surface area contributed by atoms with Crippen LogP contribution in [-0.4, -0.2) is 80.1 Å². The van der Waals surface area contributed by atoms with E-state index in [4.69, 9.17) is 14.2 Å². The molecule has 0 spiro atoms. The number of hydrogen-bond donors (Lipinski definition) is 2. The molecule has 0 aromatic heterocycles. The van der Waals surface area contributed by atoms with Crippen LogP contribution in [0.2, 0.25) is 0 Å². The first-order chi connectivity index (χ1) is 19.1. The highest BCUT2D eigenvalue weighted by Crippen LogP contribution is 2.38. The number of aliphatic hydroxyl groups excluding tert-OH is 2. The van der Waals surface area contributed by atoms with E-state index in [-0.39, 0.29) is 42.3 Å². The van der Waals surface area contributed by atoms with E-state index in [1.807, 2.05) is 44.2 Å². The summed E-state index contributed by atoms with van der Waals surface area (Å²) in [4.78, 5) is 13.2. The molecule has 1 saturated carbocycles. The Hall–Kier alpha value is -2.50. The van der Waals surface area contributed by atoms with Gasteiger partial charge in [-0.3, -0.25) is 4.79 Å². The number of carbonyl (C=O) groups is 1. The second-order valence-electron chi connectivity index (χ2n) is 11.2. The van der Waals surface area contributed by atoms with Crippen molar-refractivity contribution in [3.63, 3.8) is 0 Å². The lowest BCUT2D eigenvalue weighted by Crippen LogP contribution is -2.43. The number of ether oxygens (including phenoxy) is 3. The van der Waals surface area contributed by atoms with Gasteiger partial charge in [-0.05, 0) is 48.6 Å². The quantitative estimate of drug-likeness (QED) is 0.350. The van der Waals surface area contributed by atoms with Crippen molar-refractivity contribution >= 4 is 16.0 Å². The van der Waals surface area contributed by atoms with E-state index in [1.54, 1.807) is 12.1 Å². The lowest BCUT2D eigenvalue weighted by atomic mass is 9.90. The molecule has 1 aliphatic carbocycles. The van der Waals surface area contributed by atoms with Crippen molar-refractivity contribution in [2.75, 3.05) is 26.8 Å². The Bertz CT molecular complexity index is 1200. The zero-order valence-corrected chi connectivity index (χ0v) is 24.2. The van der Waals surface area contributed by atoms with Crippen molar-refractivity contribution < 1.29 is 37.6 Å². The third-order valence-electron chi connectivity index (χ3n) is 7.77. The van der Waals surface area contributed by atoms with E-state index in [1.165, 1.54) is 23.5 Å². The number of fused-ring (bicyclic) bond motifs is 1. The average molecular weight is 576 g/mol. The lowest BCUT2D eigenvalue weighted by Gasteiger charge is -2.30. The van der Waals surface area contributed by atoms with E-state index >= 15 is 0 Å². The molecule has 9 nitrogen and oxygen atoms in total. The Kier molecular flexibility index (Phi) is 10.2. The number of benzene rings is 2. The fourth-order valence-electron chi connectivity index (χ4n) is 5.73. The molecule has 1 saturated heterocycles. The summed E-state index contributed by atoms with van der Waals surface area (Å²) in [6.07, 6.45) is -1.19. The van der Waals surface area contributed by atoms with Crippen molar-refractivity contribution in [3.8, 4) is 5.75 Å². The molecule has 6 atom stereocenters. The van der Waals surface area contributed by atoms with Gasteiger partial charge in [-0.25, -0.2) is 8.42 Å². The van der Waals surface area contributed by atoms with Crippen LogP contribution in [0, 0.1) is 17.8 Å². The molecular formula is C30H41NO8S. The molecule has 2 aromatic carbocycles. The smallest absolute Gasteiger partial charge is 0.306 e. The first kappa shape index (κ1) is 30.5. The van der Waals surface area contributed by atoms with E-state index in [0.29, 0.717) is 25.2 Å². The molecule has 2 fully saturated rings. The molecular weight excluding hydrogens is 534 g/mol. The predicted molar refractivity (Wildman–Crippen MR) is 149 cm³/mol. The summed E-state index contributed by atoms with van der Waals surface area (Å²) in [7, 11) is -2.41. The average Bonchev–Trinajstić information content (AvgIpc) is 3.52. The van der Waals surface area contributed by atoms with Crippen molar-refractivity contribution in [1.82, 2.24) is 4.31 Å². The summed E-state index contributed by atoms with van der Waals surface area (Å²) in [6, 6.07) is 15.6. The van der Waals surface area contributed by atoms with Crippen LogP contribution < -0.4 is 4.74 Å². The van der Waals surface area contributed by atoms with Crippen molar-refractivity contribution in [3.05, 3.63) is 60.2 Å². The molecule has 0 radical (unpaired) electrons. The van der Waals surface area contributed by atoms with Crippen molar-refractivity contribution in [2.24, 2.45) is 17.8 Å². The number of carbonyl (C=O) groups excluding carboxylic acids is 1. The standard InChI is InChI=1S/C30H41NO8S/c1-20(2)18-31(40(35,36)24-11-9-23(37-3)10-12-24)19-27(33)22(15-21-7-5-4-6-8-21)16-29(34)39-28-17-26(32)30-25(28)13-14-38-30/h4-12,20,22,25-28,30,32-33H,13-19H2,1-3H3/t22-,25?,26+,27-,28+,30+/m1/s1. The maximum atomic E-state index is 13.6. The summed E-state index contributed by atoms with van der Waals surface area (Å²) in [5.74, 6) is -0.544. The van der Waals surface area contributed by atoms with Gasteiger partial charge >= 0.3 is 5.97 Å². The van der Waals surface area contributed by atoms with Gasteiger partial charge in [0.25, 0.3) is 0 Å². The molecule has 10 heteroatoms. The number of nitrogens with zero attached hydrogens (tertiary/aromatic N) is 1. The number of methoxy groups -OCH3 is 1. The van der Waals surface area contributed by atoms with Gasteiger partial charge in [0.2, 0.25) is 10.0 Å². The van der Waals surface area contributed by atoms with E-state index in [0.717, 1.165) is 12.0 Å². The predicted octanol–water partition coefficient (Wildman–Crippen LogP) is 3.03. The van der Waals surface area contributed by atoms with E-state index in [9.17, 15) is 23.4 Å². The molecule has 40 heavy (non-hydrogen) atoms. The SMILES string of the molecule is COc1ccc(S(=O)(=O)N(CC(C)C)C[C@@H](O)[C@@H](CC(=O)O[C@H]2C[C@H](O)[C@H]3OCCC23)Cc2ccccc2)cc1. The zero-order valence-electron chi connectivity index (χ0n) is 23.4. The van der Waals surface area contributed by atoms with Crippen LogP contribution in [0.5, 0.6) is 5.75 Å². The molecule has 2 N–H and O–H groups in total. The number of sulfonamides is 1. The van der Waals surface area contributed by atoms with Crippen molar-refractivity contribution in [1.29, 1.82) is 0 Å². The van der Waals surface area contributed by atoms with Crippen LogP contribution in [0.15, 0.2) is 59.5 Å². The van der Waals surface area contributed by atoms with E-state index in [2.05, 4.69) is 0 Å². The van der Waals surface area contributed by atoms with Gasteiger partial charge in [0, 0.05) is 38.0 Å². The summed E-state index contributed by atoms with van der Waals surface area (Å²) in [6.45, 7) is 4.40. The normalized spacial score (nSPS) is 24.2. The Balaban J connectivity index is 1.51. The molecule has 4 rings (SSSR count). The van der Waals surface area contributed by atoms with Crippen LogP contribution in [-0.2, 0) is 30.7 Å². The number of esters is 1. The van der Waals surface area contributed by atoms with Crippen molar-refractivity contribution in [2.45, 2.75) is 68.8 Å². The number of rotatable bonds is 13. The minimum Gasteiger partial charge on any atom is -0.497 e. The summed E-state index contributed by atoms with van der Waals surface area (Å²) >= 11 is 0. The molecule has 220 valence electrons. The number of hydrogen-bond acceptors (Lipinski definition) is 8. The third-order valence-corrected chi connectivity index (χ3v) is 9.61. The van der Waals surface area contributed by atoms with Gasteiger partial charge in [0.1, 0.15) is 11.9 Å². The lowest BCUT2D eigenvalue weighted by molar-refractivity contribution is -0.153. The first-order valence-corrected chi connectivity index (χ1v) is 15.4. The maximum Gasteiger partial charge on any atom is 0.306 e. The van der Waals surface area contributed by atoms with Crippen LogP contribution >= 0.6 is 0 Å². The first-order valence-electron chi connectivity index (χ1n) is 13.9. The Morgan fingerprint density at radius 1 is 1.10 bits per heavy atom. The molecule has 2 aromatic rings. The maximum absolute atomic E-state index is 13.6. The highest BCUT2D eigenvalue weighted by Gasteiger charge is 2.48. The molecule has 1 unspecified atom stereocenters.